The van der Waals surface area contributed by atoms with Gasteiger partial charge in [-0.05, 0) is 74.8 Å². The molecule has 11 heteroatoms. The second-order valence-corrected chi connectivity index (χ2v) is 13.6. The molecule has 0 aliphatic heterocycles. The number of halogens is 1. The molecule has 0 aromatic heterocycles. The summed E-state index contributed by atoms with van der Waals surface area (Å²) in [6.45, 7) is 4.22. The van der Waals surface area contributed by atoms with E-state index in [2.05, 4.69) is 0 Å². The van der Waals surface area contributed by atoms with E-state index in [-0.39, 0.29) is 17.8 Å². The second-order valence-electron chi connectivity index (χ2n) is 12.2. The van der Waals surface area contributed by atoms with Crippen molar-refractivity contribution >= 4 is 27.7 Å². The average Bonchev–Trinajstić information content (AvgIpc) is 3.09. The number of carbonyl (C=O) groups excluding carboxylic acids is 3. The number of hydrogen-bond acceptors (Lipinski definition) is 8. The number of ether oxygens (including phenoxy) is 1. The number of aliphatic hydroxyl groups excluding tert-OH is 1. The molecule has 3 N–H and O–H groups in total. The highest BCUT2D eigenvalue weighted by Crippen LogP contribution is 2.70. The molecule has 0 bridgehead atoms. The van der Waals surface area contributed by atoms with Crippen LogP contribution in [0.3, 0.4) is 0 Å². The molecule has 1 aromatic carbocycles. The number of allylic oxidation sites excluding steroid dienone is 4. The van der Waals surface area contributed by atoms with Crippen molar-refractivity contribution in [2.75, 3.05) is 6.61 Å². The lowest BCUT2D eigenvalue weighted by atomic mass is 9.44. The maximum absolute atomic E-state index is 17.3. The molecule has 0 amide bonds. The zero-order valence-electron chi connectivity index (χ0n) is 22.5. The molecule has 5 rings (SSSR count). The quantitative estimate of drug-likeness (QED) is 0.354. The van der Waals surface area contributed by atoms with Gasteiger partial charge < -0.3 is 14.9 Å². The molecule has 3 fully saturated rings. The fourth-order valence-corrected chi connectivity index (χ4v) is 8.77. The highest BCUT2D eigenvalue weighted by Gasteiger charge is 2.75. The third-order valence-corrected chi connectivity index (χ3v) is 11.2. The number of benzene rings is 1. The van der Waals surface area contributed by atoms with Crippen LogP contribution in [0.5, 0.6) is 0 Å². The minimum absolute atomic E-state index is 0.216. The number of alkyl halides is 1. The third-order valence-electron chi connectivity index (χ3n) is 10.3. The highest BCUT2D eigenvalue weighted by molar-refractivity contribution is 7.85. The summed E-state index contributed by atoms with van der Waals surface area (Å²) in [7, 11) is -4.57. The first-order valence-corrected chi connectivity index (χ1v) is 14.8. The van der Waals surface area contributed by atoms with Gasteiger partial charge in [0.25, 0.3) is 10.1 Å². The fraction of sp³-hybridized carbons (Fsp3) is 0.552. The van der Waals surface area contributed by atoms with Crippen molar-refractivity contribution < 1.29 is 46.7 Å². The Balaban J connectivity index is 1.41. The Bertz CT molecular complexity index is 1470. The first-order valence-electron chi connectivity index (χ1n) is 13.3. The normalized spacial score (nSPS) is 40.5. The van der Waals surface area contributed by atoms with Gasteiger partial charge in [-0.1, -0.05) is 31.6 Å². The van der Waals surface area contributed by atoms with Crippen molar-refractivity contribution in [2.24, 2.45) is 28.6 Å². The van der Waals surface area contributed by atoms with E-state index in [1.807, 2.05) is 0 Å². The molecule has 0 radical (unpaired) electrons. The lowest BCUT2D eigenvalue weighted by Gasteiger charge is -2.62. The molecular formula is C29H33FO9S. The Kier molecular flexibility index (Phi) is 6.58. The van der Waals surface area contributed by atoms with Crippen LogP contribution in [0.1, 0.15) is 56.8 Å². The molecule has 4 aliphatic carbocycles. The molecule has 3 saturated carbocycles. The van der Waals surface area contributed by atoms with Crippen molar-refractivity contribution in [3.05, 3.63) is 53.6 Å². The zero-order valence-corrected chi connectivity index (χ0v) is 23.3. The lowest BCUT2D eigenvalue weighted by Crippen LogP contribution is -2.69. The van der Waals surface area contributed by atoms with E-state index in [0.717, 1.165) is 12.1 Å². The van der Waals surface area contributed by atoms with Crippen molar-refractivity contribution in [1.82, 2.24) is 0 Å². The van der Waals surface area contributed by atoms with Gasteiger partial charge in [0.1, 0.15) is 5.60 Å². The highest BCUT2D eigenvalue weighted by atomic mass is 32.2. The molecular weight excluding hydrogens is 543 g/mol. The molecule has 9 nitrogen and oxygen atoms in total. The Morgan fingerprint density at radius 1 is 1.20 bits per heavy atom. The predicted molar refractivity (Wildman–Crippen MR) is 139 cm³/mol. The van der Waals surface area contributed by atoms with Gasteiger partial charge in [0.05, 0.1) is 16.6 Å². The summed E-state index contributed by atoms with van der Waals surface area (Å²) < 4.78 is 54.4. The lowest BCUT2D eigenvalue weighted by molar-refractivity contribution is -0.219. The molecule has 0 unspecified atom stereocenters. The van der Waals surface area contributed by atoms with Gasteiger partial charge in [0.2, 0.25) is 5.78 Å². The number of Topliss-reactive ketones (excluding diaryl/α,β-unsaturated/α-hetero) is 1. The molecule has 40 heavy (non-hydrogen) atoms. The summed E-state index contributed by atoms with van der Waals surface area (Å²) in [6, 6.07) is 4.48. The second kappa shape index (κ2) is 9.14. The van der Waals surface area contributed by atoms with E-state index in [4.69, 9.17) is 4.74 Å². The summed E-state index contributed by atoms with van der Waals surface area (Å²) in [5, 5.41) is 23.4. The molecule has 0 heterocycles. The van der Waals surface area contributed by atoms with Crippen LogP contribution in [0.2, 0.25) is 0 Å². The number of hydrogen-bond donors (Lipinski definition) is 3. The Morgan fingerprint density at radius 3 is 2.58 bits per heavy atom. The molecule has 1 aromatic rings. The van der Waals surface area contributed by atoms with Gasteiger partial charge in [-0.25, -0.2) is 9.18 Å². The van der Waals surface area contributed by atoms with Gasteiger partial charge in [-0.2, -0.15) is 8.42 Å². The summed E-state index contributed by atoms with van der Waals surface area (Å²) in [5.41, 5.74) is -6.17. The maximum atomic E-state index is 17.3. The number of ketones is 2. The minimum atomic E-state index is -4.57. The summed E-state index contributed by atoms with van der Waals surface area (Å²) >= 11 is 0. The molecule has 4 aliphatic rings. The van der Waals surface area contributed by atoms with Crippen LogP contribution in [-0.2, 0) is 24.4 Å². The molecule has 8 atom stereocenters. The predicted octanol–water partition coefficient (Wildman–Crippen LogP) is 3.01. The average molecular weight is 577 g/mol. The first kappa shape index (κ1) is 28.8. The van der Waals surface area contributed by atoms with E-state index in [1.165, 1.54) is 30.4 Å². The summed E-state index contributed by atoms with van der Waals surface area (Å²) in [6.07, 6.45) is 3.64. The largest absolute Gasteiger partial charge is 0.454 e. The number of rotatable bonds is 5. The Hall–Kier alpha value is -2.73. The molecule has 0 saturated heterocycles. The van der Waals surface area contributed by atoms with Gasteiger partial charge in [0, 0.05) is 16.7 Å². The van der Waals surface area contributed by atoms with Crippen LogP contribution in [0.25, 0.3) is 0 Å². The number of aliphatic hydroxyl groups is 2. The topological polar surface area (TPSA) is 155 Å². The summed E-state index contributed by atoms with van der Waals surface area (Å²) in [5.74, 6) is -3.86. The maximum Gasteiger partial charge on any atom is 0.338 e. The van der Waals surface area contributed by atoms with Crippen LogP contribution in [0.15, 0.2) is 53.0 Å². The first-order chi connectivity index (χ1) is 18.5. The van der Waals surface area contributed by atoms with E-state index in [1.54, 1.807) is 20.8 Å². The SMILES string of the molecule is C[C@H]1C[C@H]2[C@@H]3CCC4=CC(=O)C=C[C@]4(C)[C@@]3(F)[C@@H](O)C[C@]2(C)[C@@]1(O)C(=O)COC(=O)c1cccc(S(=O)(=O)O)c1. The van der Waals surface area contributed by atoms with Crippen LogP contribution >= 0.6 is 0 Å². The fourth-order valence-electron chi connectivity index (χ4n) is 8.25. The third kappa shape index (κ3) is 3.81. The monoisotopic (exact) mass is 576 g/mol. The van der Waals surface area contributed by atoms with E-state index in [0.29, 0.717) is 24.8 Å². The van der Waals surface area contributed by atoms with Crippen LogP contribution < -0.4 is 0 Å². The van der Waals surface area contributed by atoms with Gasteiger partial charge in [0.15, 0.2) is 18.1 Å². The number of carbonyl (C=O) groups is 3. The standard InChI is InChI=1S/C29H33FO9S/c1-16-11-22-21-8-7-18-13-19(31)9-10-26(18,2)28(21,30)23(32)14-27(22,3)29(16,35)24(33)15-39-25(34)17-5-4-6-20(12-17)40(36,37)38/h4-6,9-10,12-13,16,21-23,32,35H,7-8,11,14-15H2,1-3H3,(H,36,37,38)/t16-,21-,22-,23-,26-,27-,28-,29-/m0/s1. The van der Waals surface area contributed by atoms with Crippen molar-refractivity contribution in [3.8, 4) is 0 Å². The minimum Gasteiger partial charge on any atom is -0.454 e. The van der Waals surface area contributed by atoms with Crippen LogP contribution in [0, 0.1) is 28.6 Å². The molecule has 216 valence electrons. The van der Waals surface area contributed by atoms with Gasteiger partial charge in [-0.15, -0.1) is 0 Å². The van der Waals surface area contributed by atoms with Crippen molar-refractivity contribution in [1.29, 1.82) is 0 Å². The number of fused-ring (bicyclic) bond motifs is 5. The Labute approximate surface area is 231 Å². The Morgan fingerprint density at radius 2 is 1.90 bits per heavy atom. The number of esters is 1. The van der Waals surface area contributed by atoms with Gasteiger partial charge >= 0.3 is 5.97 Å². The van der Waals surface area contributed by atoms with E-state index < -0.39 is 79.3 Å². The summed E-state index contributed by atoms with van der Waals surface area (Å²) in [4.78, 5) is 37.7. The van der Waals surface area contributed by atoms with E-state index in [9.17, 15) is 37.6 Å². The smallest absolute Gasteiger partial charge is 0.338 e. The molecule has 0 spiro atoms. The van der Waals surface area contributed by atoms with Crippen LogP contribution in [0.4, 0.5) is 4.39 Å². The van der Waals surface area contributed by atoms with Gasteiger partial charge in [-0.3, -0.25) is 14.1 Å². The van der Waals surface area contributed by atoms with E-state index >= 15 is 4.39 Å². The zero-order chi connectivity index (χ0) is 29.5. The van der Waals surface area contributed by atoms with Crippen molar-refractivity contribution in [3.63, 3.8) is 0 Å². The van der Waals surface area contributed by atoms with Crippen molar-refractivity contribution in [2.45, 2.75) is 68.7 Å². The van der Waals surface area contributed by atoms with Crippen LogP contribution in [-0.4, -0.2) is 64.7 Å².